The van der Waals surface area contributed by atoms with Crippen molar-refractivity contribution in [3.05, 3.63) is 113 Å². The molecule has 4 rings (SSSR count). The first-order chi connectivity index (χ1) is 21.2. The van der Waals surface area contributed by atoms with E-state index in [1.807, 2.05) is 88.4 Å². The molecule has 1 aromatic heterocycles. The van der Waals surface area contributed by atoms with Gasteiger partial charge in [0.15, 0.2) is 0 Å². The highest BCUT2D eigenvalue weighted by molar-refractivity contribution is 6.09. The van der Waals surface area contributed by atoms with Crippen LogP contribution in [0.5, 0.6) is 0 Å². The van der Waals surface area contributed by atoms with Crippen LogP contribution in [0.15, 0.2) is 91.0 Å². The average molecular weight is 607 g/mol. The molecule has 234 valence electrons. The van der Waals surface area contributed by atoms with Crippen molar-refractivity contribution < 1.29 is 19.1 Å². The molecular formula is C37H42N4O4. The Morgan fingerprint density at radius 2 is 1.44 bits per heavy atom. The van der Waals surface area contributed by atoms with Gasteiger partial charge in [-0.1, -0.05) is 54.1 Å². The molecule has 0 aliphatic rings. The van der Waals surface area contributed by atoms with Gasteiger partial charge in [0.05, 0.1) is 0 Å². The first-order valence-corrected chi connectivity index (χ1v) is 15.0. The third kappa shape index (κ3) is 9.25. The second-order valence-corrected chi connectivity index (χ2v) is 13.0. The SMILES string of the molecule is Cc1ccc(-c2ccccc2C(=O)Nc2ccc(C(=O)N(CCc3cccc(NC(=O)OC(C)(C)C)n3)C(C)(C)C)cc2)cc1. The highest BCUT2D eigenvalue weighted by atomic mass is 16.6. The number of benzene rings is 3. The van der Waals surface area contributed by atoms with E-state index in [-0.39, 0.29) is 11.8 Å². The Morgan fingerprint density at radius 3 is 2.09 bits per heavy atom. The van der Waals surface area contributed by atoms with Crippen LogP contribution in [0.3, 0.4) is 0 Å². The van der Waals surface area contributed by atoms with E-state index in [0.29, 0.717) is 35.6 Å². The fraction of sp³-hybridized carbons (Fsp3) is 0.297. The number of amides is 3. The van der Waals surface area contributed by atoms with Gasteiger partial charge in [0, 0.05) is 41.0 Å². The van der Waals surface area contributed by atoms with Crippen LogP contribution >= 0.6 is 0 Å². The van der Waals surface area contributed by atoms with E-state index in [1.54, 1.807) is 56.0 Å². The van der Waals surface area contributed by atoms with Gasteiger partial charge in [-0.3, -0.25) is 14.9 Å². The van der Waals surface area contributed by atoms with Crippen molar-refractivity contribution in [3.8, 4) is 11.1 Å². The summed E-state index contributed by atoms with van der Waals surface area (Å²) < 4.78 is 5.32. The summed E-state index contributed by atoms with van der Waals surface area (Å²) in [6, 6.07) is 27.9. The number of ether oxygens (including phenoxy) is 1. The van der Waals surface area contributed by atoms with Crippen LogP contribution in [0.4, 0.5) is 16.3 Å². The van der Waals surface area contributed by atoms with Crippen molar-refractivity contribution in [2.45, 2.75) is 66.0 Å². The molecule has 0 spiro atoms. The monoisotopic (exact) mass is 606 g/mol. The molecule has 0 bridgehead atoms. The van der Waals surface area contributed by atoms with E-state index < -0.39 is 17.2 Å². The van der Waals surface area contributed by atoms with Gasteiger partial charge in [0.2, 0.25) is 0 Å². The number of hydrogen-bond donors (Lipinski definition) is 2. The highest BCUT2D eigenvalue weighted by Crippen LogP contribution is 2.26. The molecule has 2 N–H and O–H groups in total. The van der Waals surface area contributed by atoms with Gasteiger partial charge in [0.1, 0.15) is 11.4 Å². The molecule has 0 saturated carbocycles. The third-order valence-electron chi connectivity index (χ3n) is 7.01. The second-order valence-electron chi connectivity index (χ2n) is 13.0. The summed E-state index contributed by atoms with van der Waals surface area (Å²) >= 11 is 0. The molecular weight excluding hydrogens is 564 g/mol. The Balaban J connectivity index is 1.43. The van der Waals surface area contributed by atoms with Gasteiger partial charge in [-0.05, 0) is 102 Å². The second kappa shape index (κ2) is 13.8. The summed E-state index contributed by atoms with van der Waals surface area (Å²) in [6.07, 6.45) is -0.0877. The van der Waals surface area contributed by atoms with Crippen LogP contribution in [-0.4, -0.2) is 45.5 Å². The molecule has 4 aromatic rings. The lowest BCUT2D eigenvalue weighted by molar-refractivity contribution is 0.0584. The van der Waals surface area contributed by atoms with Crippen LogP contribution in [0.2, 0.25) is 0 Å². The number of aryl methyl sites for hydroxylation is 1. The number of hydrogen-bond acceptors (Lipinski definition) is 5. The number of pyridine rings is 1. The third-order valence-corrected chi connectivity index (χ3v) is 7.01. The Bertz CT molecular complexity index is 1650. The smallest absolute Gasteiger partial charge is 0.413 e. The minimum absolute atomic E-state index is 0.131. The number of carbonyl (C=O) groups excluding carboxylic acids is 3. The van der Waals surface area contributed by atoms with Gasteiger partial charge in [-0.25, -0.2) is 9.78 Å². The van der Waals surface area contributed by atoms with Crippen molar-refractivity contribution in [2.24, 2.45) is 0 Å². The largest absolute Gasteiger partial charge is 0.444 e. The van der Waals surface area contributed by atoms with Crippen molar-refractivity contribution >= 4 is 29.4 Å². The molecule has 3 aromatic carbocycles. The number of nitrogens with one attached hydrogen (secondary N) is 2. The van der Waals surface area contributed by atoms with Crippen molar-refractivity contribution in [1.82, 2.24) is 9.88 Å². The van der Waals surface area contributed by atoms with Crippen LogP contribution < -0.4 is 10.6 Å². The summed E-state index contributed by atoms with van der Waals surface area (Å²) in [7, 11) is 0. The normalized spacial score (nSPS) is 11.4. The summed E-state index contributed by atoms with van der Waals surface area (Å²) in [5, 5.41) is 5.64. The van der Waals surface area contributed by atoms with Crippen molar-refractivity contribution in [3.63, 3.8) is 0 Å². The molecule has 3 amide bonds. The van der Waals surface area contributed by atoms with Gasteiger partial charge in [-0.15, -0.1) is 0 Å². The molecule has 45 heavy (non-hydrogen) atoms. The van der Waals surface area contributed by atoms with Crippen LogP contribution in [0.1, 0.15) is 73.5 Å². The maximum Gasteiger partial charge on any atom is 0.413 e. The number of rotatable bonds is 8. The minimum Gasteiger partial charge on any atom is -0.444 e. The lowest BCUT2D eigenvalue weighted by Crippen LogP contribution is -2.46. The molecule has 8 nitrogen and oxygen atoms in total. The number of nitrogens with zero attached hydrogens (tertiary/aromatic N) is 2. The molecule has 0 radical (unpaired) electrons. The van der Waals surface area contributed by atoms with E-state index in [0.717, 1.165) is 22.4 Å². The Hall–Kier alpha value is -4.98. The molecule has 0 atom stereocenters. The van der Waals surface area contributed by atoms with Crippen LogP contribution in [-0.2, 0) is 11.2 Å². The average Bonchev–Trinajstić information content (AvgIpc) is 2.96. The molecule has 1 heterocycles. The van der Waals surface area contributed by atoms with Crippen LogP contribution in [0.25, 0.3) is 11.1 Å². The number of carbonyl (C=O) groups is 3. The van der Waals surface area contributed by atoms with Gasteiger partial charge in [0.25, 0.3) is 11.8 Å². The zero-order chi connectivity index (χ0) is 32.8. The highest BCUT2D eigenvalue weighted by Gasteiger charge is 2.27. The van der Waals surface area contributed by atoms with Crippen molar-refractivity contribution in [2.75, 3.05) is 17.2 Å². The first kappa shape index (κ1) is 32.9. The quantitative estimate of drug-likeness (QED) is 0.211. The standard InChI is InChI=1S/C37H42N4O4/c1-25-15-17-26(18-16-25)30-12-8-9-13-31(30)33(42)39-29-21-19-27(20-22-29)34(43)41(36(2,3)4)24-23-28-11-10-14-32(38-28)40-35(44)45-37(5,6)7/h8-22H,23-24H2,1-7H3,(H,39,42)(H,38,40,44). The summed E-state index contributed by atoms with van der Waals surface area (Å²) in [5.41, 5.74) is 4.29. The van der Waals surface area contributed by atoms with E-state index in [1.165, 1.54) is 0 Å². The zero-order valence-electron chi connectivity index (χ0n) is 27.1. The maximum atomic E-state index is 13.7. The van der Waals surface area contributed by atoms with Crippen molar-refractivity contribution in [1.29, 1.82) is 0 Å². The fourth-order valence-electron chi connectivity index (χ4n) is 4.78. The Labute approximate surface area is 265 Å². The number of anilines is 2. The Kier molecular flexibility index (Phi) is 10.1. The lowest BCUT2D eigenvalue weighted by atomic mass is 9.98. The number of aromatic nitrogens is 1. The first-order valence-electron chi connectivity index (χ1n) is 15.0. The molecule has 8 heteroatoms. The minimum atomic E-state index is -0.619. The lowest BCUT2D eigenvalue weighted by Gasteiger charge is -2.36. The Morgan fingerprint density at radius 1 is 0.778 bits per heavy atom. The summed E-state index contributed by atoms with van der Waals surface area (Å²) in [5.74, 6) is 0.0279. The van der Waals surface area contributed by atoms with Gasteiger partial charge in [-0.2, -0.15) is 0 Å². The zero-order valence-corrected chi connectivity index (χ0v) is 27.1. The summed E-state index contributed by atoms with van der Waals surface area (Å²) in [4.78, 5) is 45.5. The molecule has 0 unspecified atom stereocenters. The van der Waals surface area contributed by atoms with Gasteiger partial charge < -0.3 is 15.0 Å². The maximum absolute atomic E-state index is 13.7. The topological polar surface area (TPSA) is 101 Å². The predicted octanol–water partition coefficient (Wildman–Crippen LogP) is 8.14. The molecule has 0 aliphatic carbocycles. The van der Waals surface area contributed by atoms with E-state index in [4.69, 9.17) is 4.74 Å². The molecule has 0 fully saturated rings. The van der Waals surface area contributed by atoms with E-state index >= 15 is 0 Å². The van der Waals surface area contributed by atoms with Gasteiger partial charge >= 0.3 is 6.09 Å². The summed E-state index contributed by atoms with van der Waals surface area (Å²) in [6.45, 7) is 13.8. The molecule has 0 saturated heterocycles. The fourth-order valence-corrected chi connectivity index (χ4v) is 4.78. The van der Waals surface area contributed by atoms with Crippen LogP contribution in [0, 0.1) is 6.92 Å². The predicted molar refractivity (Wildman–Crippen MR) is 180 cm³/mol. The van der Waals surface area contributed by atoms with E-state index in [9.17, 15) is 14.4 Å². The van der Waals surface area contributed by atoms with E-state index in [2.05, 4.69) is 15.6 Å². The molecule has 0 aliphatic heterocycles.